The van der Waals surface area contributed by atoms with E-state index < -0.39 is 15.9 Å². The Morgan fingerprint density at radius 2 is 1.64 bits per heavy atom. The fraction of sp³-hybridized carbons (Fsp3) is 0.300. The lowest BCUT2D eigenvalue weighted by atomic mass is 10.1. The van der Waals surface area contributed by atoms with Gasteiger partial charge in [0.15, 0.2) is 0 Å². The zero-order valence-electron chi connectivity index (χ0n) is 16.4. The van der Waals surface area contributed by atoms with Crippen LogP contribution in [0.2, 0.25) is 0 Å². The van der Waals surface area contributed by atoms with Gasteiger partial charge >= 0.3 is 0 Å². The Balaban J connectivity index is 2.34. The summed E-state index contributed by atoms with van der Waals surface area (Å²) in [7, 11) is -3.66. The molecule has 2 amide bonds. The van der Waals surface area contributed by atoms with Crippen molar-refractivity contribution in [2.75, 3.05) is 23.7 Å². The molecule has 0 spiro atoms. The van der Waals surface area contributed by atoms with E-state index in [1.165, 1.54) is 29.4 Å². The first-order chi connectivity index (χ1) is 13.2. The summed E-state index contributed by atoms with van der Waals surface area (Å²) in [4.78, 5) is 24.2. The molecule has 8 heteroatoms. The van der Waals surface area contributed by atoms with Crippen molar-refractivity contribution in [2.24, 2.45) is 0 Å². The maximum atomic E-state index is 12.7. The van der Waals surface area contributed by atoms with Crippen LogP contribution in [0.3, 0.4) is 0 Å². The highest BCUT2D eigenvalue weighted by Crippen LogP contribution is 2.24. The smallest absolute Gasteiger partial charge is 0.255 e. The van der Waals surface area contributed by atoms with Crippen molar-refractivity contribution in [3.63, 3.8) is 0 Å². The summed E-state index contributed by atoms with van der Waals surface area (Å²) in [5.74, 6) is -0.722. The van der Waals surface area contributed by atoms with Gasteiger partial charge < -0.3 is 10.6 Å². The molecule has 2 aromatic rings. The van der Waals surface area contributed by atoms with E-state index in [0.717, 1.165) is 5.56 Å². The number of aryl methyl sites for hydroxylation is 1. The van der Waals surface area contributed by atoms with Gasteiger partial charge in [-0.3, -0.25) is 9.59 Å². The third-order valence-electron chi connectivity index (χ3n) is 4.17. The molecule has 0 heterocycles. The Labute approximate surface area is 165 Å². The quantitative estimate of drug-likeness (QED) is 0.742. The van der Waals surface area contributed by atoms with E-state index in [0.29, 0.717) is 24.5 Å². The molecule has 2 rings (SSSR count). The predicted molar refractivity (Wildman–Crippen MR) is 110 cm³/mol. The van der Waals surface area contributed by atoms with E-state index in [1.54, 1.807) is 32.0 Å². The van der Waals surface area contributed by atoms with Crippen molar-refractivity contribution in [1.82, 2.24) is 4.31 Å². The van der Waals surface area contributed by atoms with Gasteiger partial charge in [0.25, 0.3) is 5.91 Å². The minimum atomic E-state index is -3.66. The Kier molecular flexibility index (Phi) is 6.93. The minimum absolute atomic E-state index is 0.0650. The maximum Gasteiger partial charge on any atom is 0.255 e. The molecule has 2 N–H and O–H groups in total. The summed E-state index contributed by atoms with van der Waals surface area (Å²) in [5.41, 5.74) is 2.03. The number of hydrogen-bond donors (Lipinski definition) is 2. The third-order valence-corrected chi connectivity index (χ3v) is 6.22. The van der Waals surface area contributed by atoms with E-state index in [2.05, 4.69) is 10.6 Å². The van der Waals surface area contributed by atoms with Crippen molar-refractivity contribution >= 4 is 33.2 Å². The Morgan fingerprint density at radius 3 is 2.25 bits per heavy atom. The van der Waals surface area contributed by atoms with Gasteiger partial charge in [0.05, 0.1) is 16.3 Å². The normalized spacial score (nSPS) is 11.3. The van der Waals surface area contributed by atoms with Crippen molar-refractivity contribution in [1.29, 1.82) is 0 Å². The topological polar surface area (TPSA) is 95.6 Å². The molecule has 0 bridgehead atoms. The number of carbonyl (C=O) groups is 2. The number of rotatable bonds is 7. The molecular formula is C20H25N3O4S. The van der Waals surface area contributed by atoms with E-state index >= 15 is 0 Å². The molecule has 150 valence electrons. The fourth-order valence-electron chi connectivity index (χ4n) is 2.77. The molecular weight excluding hydrogens is 378 g/mol. The van der Waals surface area contributed by atoms with Crippen molar-refractivity contribution < 1.29 is 18.0 Å². The lowest BCUT2D eigenvalue weighted by Crippen LogP contribution is -2.30. The number of anilines is 2. The van der Waals surface area contributed by atoms with Crippen LogP contribution < -0.4 is 10.6 Å². The highest BCUT2D eigenvalue weighted by Gasteiger charge is 2.22. The average molecular weight is 404 g/mol. The molecule has 7 nitrogen and oxygen atoms in total. The Bertz CT molecular complexity index is 983. The zero-order valence-corrected chi connectivity index (χ0v) is 17.3. The van der Waals surface area contributed by atoms with Gasteiger partial charge in [0, 0.05) is 25.6 Å². The highest BCUT2D eigenvalue weighted by molar-refractivity contribution is 7.89. The second kappa shape index (κ2) is 8.99. The molecule has 0 atom stereocenters. The van der Waals surface area contributed by atoms with Gasteiger partial charge in [-0.25, -0.2) is 8.42 Å². The van der Waals surface area contributed by atoms with Gasteiger partial charge in [-0.1, -0.05) is 26.0 Å². The van der Waals surface area contributed by atoms with Crippen LogP contribution in [0.15, 0.2) is 47.4 Å². The summed E-state index contributed by atoms with van der Waals surface area (Å²) in [5, 5.41) is 5.41. The summed E-state index contributed by atoms with van der Waals surface area (Å²) in [6, 6.07) is 11.2. The van der Waals surface area contributed by atoms with E-state index in [-0.39, 0.29) is 16.4 Å². The molecule has 28 heavy (non-hydrogen) atoms. The number of nitrogens with one attached hydrogen (secondary N) is 2. The number of hydrogen-bond acceptors (Lipinski definition) is 4. The van der Waals surface area contributed by atoms with Crippen LogP contribution in [0.5, 0.6) is 0 Å². The van der Waals surface area contributed by atoms with Crippen LogP contribution in [0, 0.1) is 6.92 Å². The van der Waals surface area contributed by atoms with Crippen molar-refractivity contribution in [3.8, 4) is 0 Å². The summed E-state index contributed by atoms with van der Waals surface area (Å²) in [6.45, 7) is 7.46. The van der Waals surface area contributed by atoms with Gasteiger partial charge in [-0.2, -0.15) is 4.31 Å². The SMILES string of the molecule is CCN(CC)S(=O)(=O)c1cccc(C(=O)Nc2cc(C)ccc2NC(C)=O)c1. The number of carbonyl (C=O) groups excluding carboxylic acids is 2. The Hall–Kier alpha value is -2.71. The molecule has 0 aliphatic carbocycles. The molecule has 0 saturated heterocycles. The van der Waals surface area contributed by atoms with E-state index in [9.17, 15) is 18.0 Å². The predicted octanol–water partition coefficient (Wildman–Crippen LogP) is 3.24. The monoisotopic (exact) mass is 403 g/mol. The molecule has 0 radical (unpaired) electrons. The van der Waals surface area contributed by atoms with Gasteiger partial charge in [0.2, 0.25) is 15.9 Å². The number of benzene rings is 2. The van der Waals surface area contributed by atoms with Crippen molar-refractivity contribution in [3.05, 3.63) is 53.6 Å². The van der Waals surface area contributed by atoms with E-state index in [4.69, 9.17) is 0 Å². The van der Waals surface area contributed by atoms with Gasteiger partial charge in [0.1, 0.15) is 0 Å². The average Bonchev–Trinajstić information content (AvgIpc) is 2.64. The maximum absolute atomic E-state index is 12.7. The first kappa shape index (κ1) is 21.6. The fourth-order valence-corrected chi connectivity index (χ4v) is 4.27. The standard InChI is InChI=1S/C20H25N3O4S/c1-5-23(6-2)28(26,27)17-9-7-8-16(13-17)20(25)22-19-12-14(3)10-11-18(19)21-15(4)24/h7-13H,5-6H2,1-4H3,(H,21,24)(H,22,25). The number of sulfonamides is 1. The van der Waals surface area contributed by atoms with Crippen LogP contribution in [0.25, 0.3) is 0 Å². The summed E-state index contributed by atoms with van der Waals surface area (Å²) in [6.07, 6.45) is 0. The second-order valence-electron chi connectivity index (χ2n) is 6.30. The largest absolute Gasteiger partial charge is 0.325 e. The highest BCUT2D eigenvalue weighted by atomic mass is 32.2. The second-order valence-corrected chi connectivity index (χ2v) is 8.24. The van der Waals surface area contributed by atoms with Gasteiger partial charge in [-0.15, -0.1) is 0 Å². The first-order valence-electron chi connectivity index (χ1n) is 8.98. The zero-order chi connectivity index (χ0) is 20.9. The Morgan fingerprint density at radius 1 is 0.964 bits per heavy atom. The lowest BCUT2D eigenvalue weighted by Gasteiger charge is -2.19. The summed E-state index contributed by atoms with van der Waals surface area (Å²) >= 11 is 0. The van der Waals surface area contributed by atoms with Crippen LogP contribution >= 0.6 is 0 Å². The molecule has 0 aliphatic rings. The third kappa shape index (κ3) is 4.96. The molecule has 2 aromatic carbocycles. The summed E-state index contributed by atoms with van der Waals surface area (Å²) < 4.78 is 26.7. The number of nitrogens with zero attached hydrogens (tertiary/aromatic N) is 1. The lowest BCUT2D eigenvalue weighted by molar-refractivity contribution is -0.114. The molecule has 0 aliphatic heterocycles. The van der Waals surface area contributed by atoms with Gasteiger partial charge in [-0.05, 0) is 42.8 Å². The van der Waals surface area contributed by atoms with E-state index in [1.807, 2.05) is 13.0 Å². The van der Waals surface area contributed by atoms with Crippen molar-refractivity contribution in [2.45, 2.75) is 32.6 Å². The molecule has 0 unspecified atom stereocenters. The first-order valence-corrected chi connectivity index (χ1v) is 10.4. The van der Waals surface area contributed by atoms with Crippen LogP contribution in [0.4, 0.5) is 11.4 Å². The minimum Gasteiger partial charge on any atom is -0.325 e. The van der Waals surface area contributed by atoms with Crippen LogP contribution in [-0.4, -0.2) is 37.6 Å². The molecule has 0 saturated carbocycles. The number of amides is 2. The van der Waals surface area contributed by atoms with Crippen LogP contribution in [0.1, 0.15) is 36.7 Å². The molecule has 0 fully saturated rings. The molecule has 0 aromatic heterocycles. The van der Waals surface area contributed by atoms with Crippen LogP contribution in [-0.2, 0) is 14.8 Å².